The third kappa shape index (κ3) is 8.60. The van der Waals surface area contributed by atoms with Gasteiger partial charge >= 0.3 is 0 Å². The quantitative estimate of drug-likeness (QED) is 0.222. The van der Waals surface area contributed by atoms with Gasteiger partial charge in [0.1, 0.15) is 5.60 Å². The largest absolute Gasteiger partial charge is 0.393 e. The van der Waals surface area contributed by atoms with Gasteiger partial charge < -0.3 is 14.9 Å². The standard InChI is InChI=1S/C40H54O3/c1-29(17-13-19-31(3)21-22-36-33(5)25-34(41)26-37(36,6)7)15-11-12-16-30(2)18-14-20-32(4)23-24-40-38(8,9)27-35(43-40)28-39(40,10)42/h11-20,23-24,34-35,41-42H,25-28H2,1-10H3/b12-11+,17-13+,18-14+,24-23+,29-15+,30-16+,31-19+,32-20+. The lowest BCUT2D eigenvalue weighted by atomic mass is 9.61. The van der Waals surface area contributed by atoms with Crippen molar-refractivity contribution in [2.75, 3.05) is 0 Å². The molecule has 3 nitrogen and oxygen atoms in total. The van der Waals surface area contributed by atoms with Crippen molar-refractivity contribution in [1.29, 1.82) is 0 Å². The summed E-state index contributed by atoms with van der Waals surface area (Å²) in [6.45, 7) is 21.0. The molecule has 3 rings (SSSR count). The Morgan fingerprint density at radius 3 is 1.91 bits per heavy atom. The van der Waals surface area contributed by atoms with Crippen LogP contribution >= 0.6 is 0 Å². The first-order chi connectivity index (χ1) is 20.0. The molecule has 0 aromatic heterocycles. The van der Waals surface area contributed by atoms with Crippen LogP contribution in [0.5, 0.6) is 0 Å². The first-order valence-corrected chi connectivity index (χ1v) is 15.7. The van der Waals surface area contributed by atoms with Crippen LogP contribution in [0.2, 0.25) is 0 Å². The van der Waals surface area contributed by atoms with Gasteiger partial charge in [-0.1, -0.05) is 129 Å². The van der Waals surface area contributed by atoms with Gasteiger partial charge in [-0.15, -0.1) is 0 Å². The zero-order valence-corrected chi connectivity index (χ0v) is 28.2. The maximum Gasteiger partial charge on any atom is 0.120 e. The summed E-state index contributed by atoms with van der Waals surface area (Å²) in [7, 11) is 0. The molecule has 2 bridgehead atoms. The van der Waals surface area contributed by atoms with E-state index in [1.165, 1.54) is 5.57 Å². The topological polar surface area (TPSA) is 49.7 Å². The molecule has 2 heterocycles. The summed E-state index contributed by atoms with van der Waals surface area (Å²) >= 11 is 0. The number of hydrogen-bond acceptors (Lipinski definition) is 3. The van der Waals surface area contributed by atoms with Gasteiger partial charge in [-0.05, 0) is 72.5 Å². The van der Waals surface area contributed by atoms with Crippen molar-refractivity contribution in [1.82, 2.24) is 0 Å². The number of aliphatic hydroxyl groups is 2. The van der Waals surface area contributed by atoms with Gasteiger partial charge in [0.2, 0.25) is 0 Å². The van der Waals surface area contributed by atoms with Gasteiger partial charge in [-0.25, -0.2) is 0 Å². The Morgan fingerprint density at radius 2 is 1.35 bits per heavy atom. The molecule has 0 aromatic rings. The first-order valence-electron chi connectivity index (χ1n) is 15.7. The lowest BCUT2D eigenvalue weighted by Crippen LogP contribution is -2.56. The molecule has 3 aliphatic rings. The smallest absolute Gasteiger partial charge is 0.120 e. The van der Waals surface area contributed by atoms with Crippen LogP contribution in [0.15, 0.2) is 106 Å². The van der Waals surface area contributed by atoms with Crippen molar-refractivity contribution < 1.29 is 14.9 Å². The van der Waals surface area contributed by atoms with Crippen LogP contribution in [0.25, 0.3) is 0 Å². The lowest BCUT2D eigenvalue weighted by molar-refractivity contribution is -0.115. The maximum atomic E-state index is 11.1. The van der Waals surface area contributed by atoms with Crippen LogP contribution in [0.4, 0.5) is 0 Å². The van der Waals surface area contributed by atoms with Crippen molar-refractivity contribution >= 4 is 0 Å². The second kappa shape index (κ2) is 13.8. The molecule has 2 N–H and O–H groups in total. The molecule has 4 atom stereocenters. The van der Waals surface area contributed by atoms with E-state index >= 15 is 0 Å². The van der Waals surface area contributed by atoms with E-state index in [9.17, 15) is 10.2 Å². The molecule has 4 unspecified atom stereocenters. The highest BCUT2D eigenvalue weighted by atomic mass is 16.5. The van der Waals surface area contributed by atoms with Gasteiger partial charge in [-0.2, -0.15) is 0 Å². The molecule has 1 aliphatic carbocycles. The number of rotatable bonds is 8. The number of fused-ring (bicyclic) bond motifs is 2. The van der Waals surface area contributed by atoms with Gasteiger partial charge in [0.25, 0.3) is 0 Å². The minimum absolute atomic E-state index is 0.0856. The second-order valence-electron chi connectivity index (χ2n) is 14.4. The van der Waals surface area contributed by atoms with Gasteiger partial charge in [-0.3, -0.25) is 0 Å². The Hall–Kier alpha value is -2.90. The highest BCUT2D eigenvalue weighted by Gasteiger charge is 2.67. The number of ether oxygens (including phenoxy) is 1. The average Bonchev–Trinajstić information content (AvgIpc) is 3.28. The van der Waals surface area contributed by atoms with Gasteiger partial charge in [0.15, 0.2) is 0 Å². The Kier molecular flexibility index (Phi) is 11.1. The van der Waals surface area contributed by atoms with E-state index < -0.39 is 11.2 Å². The van der Waals surface area contributed by atoms with Crippen LogP contribution < -0.4 is 0 Å². The van der Waals surface area contributed by atoms with E-state index in [1.807, 2.05) is 26.0 Å². The Bertz CT molecular complexity index is 1360. The molecule has 2 aliphatic heterocycles. The van der Waals surface area contributed by atoms with Crippen LogP contribution in [-0.2, 0) is 4.74 Å². The molecule has 2 saturated heterocycles. The zero-order valence-electron chi connectivity index (χ0n) is 28.2. The lowest BCUT2D eigenvalue weighted by Gasteiger charge is -2.46. The first kappa shape index (κ1) is 34.6. The summed E-state index contributed by atoms with van der Waals surface area (Å²) in [6, 6.07) is 0. The van der Waals surface area contributed by atoms with Gasteiger partial charge in [0.05, 0.1) is 17.8 Å². The highest BCUT2D eigenvalue weighted by Crippen LogP contribution is 2.60. The molecule has 0 saturated carbocycles. The molecule has 232 valence electrons. The summed E-state index contributed by atoms with van der Waals surface area (Å²) < 4.78 is 6.31. The molecular weight excluding hydrogens is 528 g/mol. The second-order valence-corrected chi connectivity index (χ2v) is 14.4. The van der Waals surface area contributed by atoms with E-state index in [4.69, 9.17) is 4.74 Å². The monoisotopic (exact) mass is 582 g/mol. The minimum atomic E-state index is -0.847. The summed E-state index contributed by atoms with van der Waals surface area (Å²) in [6.07, 6.45) is 27.9. The van der Waals surface area contributed by atoms with Crippen LogP contribution in [-0.4, -0.2) is 33.6 Å². The summed E-state index contributed by atoms with van der Waals surface area (Å²) in [5.41, 5.74) is 5.14. The molecule has 3 heteroatoms. The molecule has 0 radical (unpaired) electrons. The predicted molar refractivity (Wildman–Crippen MR) is 182 cm³/mol. The molecule has 43 heavy (non-hydrogen) atoms. The third-order valence-electron chi connectivity index (χ3n) is 9.13. The van der Waals surface area contributed by atoms with Gasteiger partial charge in [0, 0.05) is 22.8 Å². The van der Waals surface area contributed by atoms with E-state index in [0.29, 0.717) is 12.8 Å². The normalized spacial score (nSPS) is 31.7. The maximum absolute atomic E-state index is 11.1. The fraction of sp³-hybridized carbons (Fsp3) is 0.500. The molecule has 0 amide bonds. The van der Waals surface area contributed by atoms with Crippen molar-refractivity contribution in [3.05, 3.63) is 106 Å². The predicted octanol–water partition coefficient (Wildman–Crippen LogP) is 9.21. The Balaban J connectivity index is 1.53. The summed E-state index contributed by atoms with van der Waals surface area (Å²) in [5.74, 6) is 6.68. The summed E-state index contributed by atoms with van der Waals surface area (Å²) in [5, 5.41) is 21.2. The fourth-order valence-corrected chi connectivity index (χ4v) is 7.00. The molecule has 0 spiro atoms. The number of hydrogen-bond donors (Lipinski definition) is 2. The molecule has 0 aromatic carbocycles. The summed E-state index contributed by atoms with van der Waals surface area (Å²) in [4.78, 5) is 0. The molecular formula is C40H54O3. The van der Waals surface area contributed by atoms with E-state index in [2.05, 4.69) is 128 Å². The van der Waals surface area contributed by atoms with Crippen LogP contribution in [0, 0.1) is 22.7 Å². The van der Waals surface area contributed by atoms with Crippen LogP contribution in [0.3, 0.4) is 0 Å². The highest BCUT2D eigenvalue weighted by molar-refractivity contribution is 5.45. The number of aliphatic hydroxyl groups excluding tert-OH is 1. The SMILES string of the molecule is CC1=C(C#C/C(C)=C/C=C/C(C)=C/C=C/C=C(C)/C=C/C=C(C)/C=C/C23OC(CC2(C)C)CC3(C)O)C(C)(C)CC(O)C1. The zero-order chi connectivity index (χ0) is 32.1. The van der Waals surface area contributed by atoms with Crippen molar-refractivity contribution in [3.63, 3.8) is 0 Å². The van der Waals surface area contributed by atoms with E-state index in [1.54, 1.807) is 0 Å². The van der Waals surface area contributed by atoms with Crippen LogP contribution in [0.1, 0.15) is 94.9 Å². The minimum Gasteiger partial charge on any atom is -0.393 e. The van der Waals surface area contributed by atoms with Crippen molar-refractivity contribution in [2.24, 2.45) is 10.8 Å². The Labute approximate surface area is 261 Å². The number of allylic oxidation sites excluding steroid dienone is 16. The fourth-order valence-electron chi connectivity index (χ4n) is 7.00. The third-order valence-corrected chi connectivity index (χ3v) is 9.13. The van der Waals surface area contributed by atoms with Crippen molar-refractivity contribution in [3.8, 4) is 11.8 Å². The average molecular weight is 583 g/mol. The van der Waals surface area contributed by atoms with E-state index in [-0.39, 0.29) is 23.0 Å². The van der Waals surface area contributed by atoms with E-state index in [0.717, 1.165) is 40.7 Å². The van der Waals surface area contributed by atoms with Crippen molar-refractivity contribution in [2.45, 2.75) is 118 Å². The molecule has 2 fully saturated rings. The Morgan fingerprint density at radius 1 is 0.791 bits per heavy atom.